The smallest absolute Gasteiger partial charge is 0.141 e. The Labute approximate surface area is 99.0 Å². The molecule has 2 rings (SSSR count). The standard InChI is InChI=1S/C12H14ClFO2/c13-10-6-8(3-4-11(10)14)12(15)9-2-1-5-16-7-9/h3-4,6,9,12,15H,1-2,5,7H2. The molecule has 1 aliphatic rings. The van der Waals surface area contributed by atoms with Crippen molar-refractivity contribution in [2.24, 2.45) is 5.92 Å². The number of ether oxygens (including phenoxy) is 1. The first kappa shape index (κ1) is 11.8. The van der Waals surface area contributed by atoms with Gasteiger partial charge >= 0.3 is 0 Å². The number of benzene rings is 1. The summed E-state index contributed by atoms with van der Waals surface area (Å²) in [5, 5.41) is 10.1. The minimum Gasteiger partial charge on any atom is -0.388 e. The Hall–Kier alpha value is -0.640. The molecule has 4 heteroatoms. The molecule has 1 saturated heterocycles. The van der Waals surface area contributed by atoms with E-state index in [2.05, 4.69) is 0 Å². The summed E-state index contributed by atoms with van der Waals surface area (Å²) in [6.07, 6.45) is 1.26. The van der Waals surface area contributed by atoms with Crippen LogP contribution >= 0.6 is 11.6 Å². The molecular formula is C12H14ClFO2. The van der Waals surface area contributed by atoms with Gasteiger partial charge in [-0.25, -0.2) is 4.39 Å². The molecule has 1 fully saturated rings. The van der Waals surface area contributed by atoms with Gasteiger partial charge in [0.05, 0.1) is 17.7 Å². The number of halogens is 2. The Morgan fingerprint density at radius 2 is 2.31 bits per heavy atom. The number of rotatable bonds is 2. The van der Waals surface area contributed by atoms with Gasteiger partial charge in [-0.05, 0) is 30.5 Å². The van der Waals surface area contributed by atoms with Crippen molar-refractivity contribution in [2.75, 3.05) is 13.2 Å². The van der Waals surface area contributed by atoms with Crippen LogP contribution in [0.25, 0.3) is 0 Å². The molecule has 1 N–H and O–H groups in total. The van der Waals surface area contributed by atoms with Crippen molar-refractivity contribution in [1.82, 2.24) is 0 Å². The molecule has 1 aromatic carbocycles. The average Bonchev–Trinajstić information content (AvgIpc) is 2.33. The topological polar surface area (TPSA) is 29.5 Å². The zero-order valence-corrected chi connectivity index (χ0v) is 9.58. The van der Waals surface area contributed by atoms with E-state index in [-0.39, 0.29) is 10.9 Å². The minimum atomic E-state index is -0.626. The van der Waals surface area contributed by atoms with Gasteiger partial charge in [0.25, 0.3) is 0 Å². The summed E-state index contributed by atoms with van der Waals surface area (Å²) in [5.41, 5.74) is 0.655. The number of aliphatic hydroxyl groups excluding tert-OH is 1. The first-order chi connectivity index (χ1) is 7.68. The van der Waals surface area contributed by atoms with Gasteiger partial charge in [-0.3, -0.25) is 0 Å². The molecule has 0 bridgehead atoms. The molecule has 0 amide bonds. The van der Waals surface area contributed by atoms with E-state index in [1.807, 2.05) is 0 Å². The van der Waals surface area contributed by atoms with Crippen LogP contribution in [-0.4, -0.2) is 18.3 Å². The molecule has 88 valence electrons. The van der Waals surface area contributed by atoms with Crippen LogP contribution in [0, 0.1) is 11.7 Å². The second-order valence-corrected chi connectivity index (χ2v) is 4.50. The number of aliphatic hydroxyl groups is 1. The van der Waals surface area contributed by atoms with E-state index in [0.717, 1.165) is 19.4 Å². The second kappa shape index (κ2) is 5.13. The molecule has 2 unspecified atom stereocenters. The Morgan fingerprint density at radius 3 is 2.94 bits per heavy atom. The average molecular weight is 245 g/mol. The molecule has 1 heterocycles. The van der Waals surface area contributed by atoms with Gasteiger partial charge in [-0.1, -0.05) is 17.7 Å². The summed E-state index contributed by atoms with van der Waals surface area (Å²) >= 11 is 5.68. The fourth-order valence-corrected chi connectivity index (χ4v) is 2.17. The Balaban J connectivity index is 2.12. The lowest BCUT2D eigenvalue weighted by atomic mass is 9.91. The second-order valence-electron chi connectivity index (χ2n) is 4.10. The molecule has 0 radical (unpaired) electrons. The summed E-state index contributed by atoms with van der Waals surface area (Å²) in [6, 6.07) is 4.33. The summed E-state index contributed by atoms with van der Waals surface area (Å²) in [6.45, 7) is 1.31. The van der Waals surface area contributed by atoms with Crippen LogP contribution in [0.4, 0.5) is 4.39 Å². The maximum Gasteiger partial charge on any atom is 0.141 e. The molecule has 0 aromatic heterocycles. The van der Waals surface area contributed by atoms with Crippen molar-refractivity contribution < 1.29 is 14.2 Å². The highest BCUT2D eigenvalue weighted by molar-refractivity contribution is 6.30. The SMILES string of the molecule is OC(c1ccc(F)c(Cl)c1)C1CCCOC1. The molecule has 0 spiro atoms. The monoisotopic (exact) mass is 244 g/mol. The van der Waals surface area contributed by atoms with E-state index in [1.54, 1.807) is 6.07 Å². The predicted octanol–water partition coefficient (Wildman–Crippen LogP) is 2.94. The maximum atomic E-state index is 13.0. The largest absolute Gasteiger partial charge is 0.388 e. The zero-order chi connectivity index (χ0) is 11.5. The summed E-state index contributed by atoms with van der Waals surface area (Å²) < 4.78 is 18.3. The first-order valence-electron chi connectivity index (χ1n) is 5.39. The highest BCUT2D eigenvalue weighted by Gasteiger charge is 2.24. The molecule has 0 aliphatic carbocycles. The molecule has 0 saturated carbocycles. The van der Waals surface area contributed by atoms with Gasteiger partial charge in [-0.15, -0.1) is 0 Å². The third kappa shape index (κ3) is 2.54. The number of hydrogen-bond donors (Lipinski definition) is 1. The van der Waals surface area contributed by atoms with Crippen molar-refractivity contribution in [1.29, 1.82) is 0 Å². The molecule has 2 atom stereocenters. The van der Waals surface area contributed by atoms with Crippen LogP contribution in [0.1, 0.15) is 24.5 Å². The quantitative estimate of drug-likeness (QED) is 0.867. The number of hydrogen-bond acceptors (Lipinski definition) is 2. The molecule has 1 aliphatic heterocycles. The van der Waals surface area contributed by atoms with Crippen LogP contribution in [0.5, 0.6) is 0 Å². The highest BCUT2D eigenvalue weighted by atomic mass is 35.5. The van der Waals surface area contributed by atoms with E-state index in [9.17, 15) is 9.50 Å². The van der Waals surface area contributed by atoms with Gasteiger partial charge < -0.3 is 9.84 Å². The zero-order valence-electron chi connectivity index (χ0n) is 8.83. The first-order valence-corrected chi connectivity index (χ1v) is 5.77. The fraction of sp³-hybridized carbons (Fsp3) is 0.500. The van der Waals surface area contributed by atoms with Crippen LogP contribution in [0.2, 0.25) is 5.02 Å². The van der Waals surface area contributed by atoms with Gasteiger partial charge in [0.15, 0.2) is 0 Å². The minimum absolute atomic E-state index is 0.0493. The Kier molecular flexibility index (Phi) is 3.79. The van der Waals surface area contributed by atoms with Crippen molar-refractivity contribution in [3.63, 3.8) is 0 Å². The van der Waals surface area contributed by atoms with E-state index in [0.29, 0.717) is 12.2 Å². The summed E-state index contributed by atoms with van der Waals surface area (Å²) in [4.78, 5) is 0. The maximum absolute atomic E-state index is 13.0. The third-order valence-electron chi connectivity index (χ3n) is 2.93. The highest BCUT2D eigenvalue weighted by Crippen LogP contribution is 2.30. The molecule has 2 nitrogen and oxygen atoms in total. The van der Waals surface area contributed by atoms with Crippen LogP contribution in [0.15, 0.2) is 18.2 Å². The van der Waals surface area contributed by atoms with Gasteiger partial charge in [0.2, 0.25) is 0 Å². The van der Waals surface area contributed by atoms with Crippen LogP contribution in [-0.2, 0) is 4.74 Å². The van der Waals surface area contributed by atoms with E-state index >= 15 is 0 Å². The Bertz CT molecular complexity index is 364. The normalized spacial score (nSPS) is 23.1. The van der Waals surface area contributed by atoms with Gasteiger partial charge in [0.1, 0.15) is 5.82 Å². The van der Waals surface area contributed by atoms with Crippen molar-refractivity contribution >= 4 is 11.6 Å². The van der Waals surface area contributed by atoms with Gasteiger partial charge in [0, 0.05) is 12.5 Å². The van der Waals surface area contributed by atoms with Crippen molar-refractivity contribution in [3.05, 3.63) is 34.6 Å². The molecule has 1 aromatic rings. The van der Waals surface area contributed by atoms with E-state index < -0.39 is 11.9 Å². The molecule has 16 heavy (non-hydrogen) atoms. The van der Waals surface area contributed by atoms with Crippen LogP contribution in [0.3, 0.4) is 0 Å². The predicted molar refractivity (Wildman–Crippen MR) is 59.9 cm³/mol. The lowest BCUT2D eigenvalue weighted by Crippen LogP contribution is -2.23. The van der Waals surface area contributed by atoms with Gasteiger partial charge in [-0.2, -0.15) is 0 Å². The molecular weight excluding hydrogens is 231 g/mol. The van der Waals surface area contributed by atoms with Crippen molar-refractivity contribution in [2.45, 2.75) is 18.9 Å². The van der Waals surface area contributed by atoms with Crippen molar-refractivity contribution in [3.8, 4) is 0 Å². The lowest BCUT2D eigenvalue weighted by molar-refractivity contribution is -0.00998. The van der Waals surface area contributed by atoms with Crippen LogP contribution < -0.4 is 0 Å². The van der Waals surface area contributed by atoms with E-state index in [4.69, 9.17) is 16.3 Å². The Morgan fingerprint density at radius 1 is 1.50 bits per heavy atom. The fourth-order valence-electron chi connectivity index (χ4n) is 1.98. The summed E-state index contributed by atoms with van der Waals surface area (Å²) in [5.74, 6) is -0.382. The third-order valence-corrected chi connectivity index (χ3v) is 3.22. The lowest BCUT2D eigenvalue weighted by Gasteiger charge is -2.27. The summed E-state index contributed by atoms with van der Waals surface area (Å²) in [7, 11) is 0. The van der Waals surface area contributed by atoms with E-state index in [1.165, 1.54) is 12.1 Å².